The highest BCUT2D eigenvalue weighted by Gasteiger charge is 2.31. The summed E-state index contributed by atoms with van der Waals surface area (Å²) in [5.74, 6) is 1.71. The molecule has 0 saturated carbocycles. The summed E-state index contributed by atoms with van der Waals surface area (Å²) in [6, 6.07) is 7.20. The molecule has 2 atom stereocenters. The van der Waals surface area contributed by atoms with Gasteiger partial charge >= 0.3 is 0 Å². The molecule has 1 aromatic carbocycles. The van der Waals surface area contributed by atoms with E-state index in [1.54, 1.807) is 19.8 Å². The molecular weight excluding hydrogens is 302 g/mol. The van der Waals surface area contributed by atoms with Crippen molar-refractivity contribution in [2.45, 2.75) is 32.0 Å². The van der Waals surface area contributed by atoms with Crippen molar-refractivity contribution in [2.24, 2.45) is 5.92 Å². The van der Waals surface area contributed by atoms with E-state index in [1.165, 1.54) is 31.5 Å². The van der Waals surface area contributed by atoms with Gasteiger partial charge in [-0.25, -0.2) is 9.67 Å². The van der Waals surface area contributed by atoms with Gasteiger partial charge in [0, 0.05) is 31.2 Å². The van der Waals surface area contributed by atoms with Crippen LogP contribution in [0.5, 0.6) is 5.75 Å². The minimum absolute atomic E-state index is 0.671. The number of hydrogen-bond acceptors (Lipinski definition) is 5. The highest BCUT2D eigenvalue weighted by molar-refractivity contribution is 5.37. The molecule has 3 fully saturated rings. The molecule has 6 heteroatoms. The number of hydrogen-bond donors (Lipinski definition) is 1. The molecule has 6 nitrogen and oxygen atoms in total. The molecule has 5 rings (SSSR count). The average molecular weight is 327 g/mol. The highest BCUT2D eigenvalue weighted by Crippen LogP contribution is 2.27. The van der Waals surface area contributed by atoms with Gasteiger partial charge in [0.25, 0.3) is 0 Å². The molecule has 0 spiro atoms. The first-order valence-electron chi connectivity index (χ1n) is 8.75. The second-order valence-corrected chi connectivity index (χ2v) is 6.92. The van der Waals surface area contributed by atoms with E-state index in [-0.39, 0.29) is 0 Å². The molecule has 0 aliphatic carbocycles. The number of aromatic nitrogens is 3. The zero-order chi connectivity index (χ0) is 16.4. The van der Waals surface area contributed by atoms with E-state index in [2.05, 4.69) is 38.5 Å². The van der Waals surface area contributed by atoms with Gasteiger partial charge in [0.2, 0.25) is 0 Å². The molecule has 4 heterocycles. The van der Waals surface area contributed by atoms with E-state index in [1.807, 2.05) is 4.68 Å². The Morgan fingerprint density at radius 3 is 3.04 bits per heavy atom. The van der Waals surface area contributed by atoms with Gasteiger partial charge in [-0.2, -0.15) is 5.10 Å². The third-order valence-electron chi connectivity index (χ3n) is 5.26. The van der Waals surface area contributed by atoms with Gasteiger partial charge < -0.3 is 10.1 Å². The van der Waals surface area contributed by atoms with Gasteiger partial charge in [0.15, 0.2) is 0 Å². The first kappa shape index (κ1) is 15.6. The van der Waals surface area contributed by atoms with E-state index in [4.69, 9.17) is 4.74 Å². The Labute approximate surface area is 142 Å². The zero-order valence-corrected chi connectivity index (χ0v) is 14.2. The van der Waals surface area contributed by atoms with Crippen LogP contribution in [0, 0.1) is 5.92 Å². The summed E-state index contributed by atoms with van der Waals surface area (Å²) in [7, 11) is 1.72. The van der Waals surface area contributed by atoms with Crippen LogP contribution < -0.4 is 10.1 Å². The van der Waals surface area contributed by atoms with E-state index in [9.17, 15) is 0 Å². The second-order valence-electron chi connectivity index (χ2n) is 6.92. The van der Waals surface area contributed by atoms with Crippen molar-refractivity contribution in [3.05, 3.63) is 42.0 Å². The molecule has 3 aliphatic rings. The lowest BCUT2D eigenvalue weighted by atomic mass is 9.94. The Hall–Kier alpha value is -1.92. The summed E-state index contributed by atoms with van der Waals surface area (Å²) in [5, 5.41) is 7.81. The van der Waals surface area contributed by atoms with Crippen LogP contribution in [0.25, 0.3) is 0 Å². The smallest absolute Gasteiger partial charge is 0.137 e. The number of piperidine rings is 1. The molecule has 24 heavy (non-hydrogen) atoms. The number of rotatable bonds is 5. The summed E-state index contributed by atoms with van der Waals surface area (Å²) < 4.78 is 7.36. The maximum atomic E-state index is 5.52. The molecule has 3 aliphatic heterocycles. The summed E-state index contributed by atoms with van der Waals surface area (Å²) in [4.78, 5) is 6.67. The number of nitrogens with zero attached hydrogens (tertiary/aromatic N) is 4. The summed E-state index contributed by atoms with van der Waals surface area (Å²) >= 11 is 0. The van der Waals surface area contributed by atoms with Crippen LogP contribution in [-0.4, -0.2) is 52.5 Å². The largest absolute Gasteiger partial charge is 0.496 e. The van der Waals surface area contributed by atoms with Crippen LogP contribution in [0.2, 0.25) is 0 Å². The van der Waals surface area contributed by atoms with Crippen LogP contribution in [0.3, 0.4) is 0 Å². The van der Waals surface area contributed by atoms with Crippen LogP contribution in [0.1, 0.15) is 24.0 Å². The van der Waals surface area contributed by atoms with Gasteiger partial charge in [-0.15, -0.1) is 0 Å². The molecular formula is C18H25N5O. The van der Waals surface area contributed by atoms with Gasteiger partial charge in [0.05, 0.1) is 13.7 Å². The summed E-state index contributed by atoms with van der Waals surface area (Å²) in [5.41, 5.74) is 2.50. The standard InChI is InChI=1S/C18H25N5O/c1-24-18-5-3-14(6-16(18)11-23-13-20-12-21-23)9-22-10-15-2-4-17(22)8-19-7-15/h3,5-6,12-13,15,17,19H,2,4,7-11H2,1H3. The predicted molar refractivity (Wildman–Crippen MR) is 91.9 cm³/mol. The first-order valence-corrected chi connectivity index (χ1v) is 8.75. The summed E-state index contributed by atoms with van der Waals surface area (Å²) in [6.45, 7) is 5.20. The number of nitrogens with one attached hydrogen (secondary N) is 1. The Morgan fingerprint density at radius 1 is 1.25 bits per heavy atom. The van der Waals surface area contributed by atoms with Crippen LogP contribution in [0.4, 0.5) is 0 Å². The maximum Gasteiger partial charge on any atom is 0.137 e. The van der Waals surface area contributed by atoms with Crippen molar-refractivity contribution in [1.29, 1.82) is 0 Å². The Morgan fingerprint density at radius 2 is 2.21 bits per heavy atom. The molecule has 0 amide bonds. The fourth-order valence-corrected chi connectivity index (χ4v) is 4.01. The maximum absolute atomic E-state index is 5.52. The van der Waals surface area contributed by atoms with Gasteiger partial charge in [-0.3, -0.25) is 4.90 Å². The molecule has 128 valence electrons. The topological polar surface area (TPSA) is 55.2 Å². The predicted octanol–water partition coefficient (Wildman–Crippen LogP) is 1.52. The molecule has 2 bridgehead atoms. The monoisotopic (exact) mass is 327 g/mol. The molecule has 2 unspecified atom stereocenters. The quantitative estimate of drug-likeness (QED) is 0.902. The number of benzene rings is 1. The highest BCUT2D eigenvalue weighted by atomic mass is 16.5. The minimum atomic E-state index is 0.671. The number of ether oxygens (including phenoxy) is 1. The zero-order valence-electron chi connectivity index (χ0n) is 14.2. The van der Waals surface area contributed by atoms with E-state index in [0.29, 0.717) is 12.6 Å². The molecule has 0 radical (unpaired) electrons. The lowest BCUT2D eigenvalue weighted by Crippen LogP contribution is -2.42. The molecule has 1 aromatic heterocycles. The van der Waals surface area contributed by atoms with Crippen LogP contribution in [0.15, 0.2) is 30.9 Å². The normalized spacial score (nSPS) is 24.0. The summed E-state index contributed by atoms with van der Waals surface area (Å²) in [6.07, 6.45) is 6.00. The fourth-order valence-electron chi connectivity index (χ4n) is 4.01. The van der Waals surface area contributed by atoms with E-state index in [0.717, 1.165) is 30.3 Å². The van der Waals surface area contributed by atoms with Crippen molar-refractivity contribution in [1.82, 2.24) is 25.0 Å². The van der Waals surface area contributed by atoms with Crippen LogP contribution >= 0.6 is 0 Å². The minimum Gasteiger partial charge on any atom is -0.496 e. The third kappa shape index (κ3) is 3.30. The fraction of sp³-hybridized carbons (Fsp3) is 0.556. The molecule has 1 N–H and O–H groups in total. The first-order chi connectivity index (χ1) is 11.8. The van der Waals surface area contributed by atoms with Gasteiger partial charge in [-0.05, 0) is 43.0 Å². The van der Waals surface area contributed by atoms with Gasteiger partial charge in [-0.1, -0.05) is 6.07 Å². The second kappa shape index (κ2) is 6.91. The molecule has 3 saturated heterocycles. The number of fused-ring (bicyclic) bond motifs is 4. The van der Waals surface area contributed by atoms with Crippen molar-refractivity contribution >= 4 is 0 Å². The van der Waals surface area contributed by atoms with Crippen LogP contribution in [-0.2, 0) is 13.1 Å². The van der Waals surface area contributed by atoms with E-state index >= 15 is 0 Å². The Bertz CT molecular complexity index is 668. The lowest BCUT2D eigenvalue weighted by molar-refractivity contribution is 0.126. The molecule has 2 aromatic rings. The average Bonchev–Trinajstić information content (AvgIpc) is 2.90. The van der Waals surface area contributed by atoms with Crippen molar-refractivity contribution in [3.63, 3.8) is 0 Å². The Kier molecular flexibility index (Phi) is 4.49. The van der Waals surface area contributed by atoms with Crippen molar-refractivity contribution in [3.8, 4) is 5.75 Å². The SMILES string of the molecule is COc1ccc(CN2CC3CCC2CNC3)cc1Cn1cncn1. The number of methoxy groups -OCH3 is 1. The van der Waals surface area contributed by atoms with E-state index < -0.39 is 0 Å². The van der Waals surface area contributed by atoms with Crippen molar-refractivity contribution < 1.29 is 4.74 Å². The van der Waals surface area contributed by atoms with Crippen molar-refractivity contribution in [2.75, 3.05) is 26.7 Å². The third-order valence-corrected chi connectivity index (χ3v) is 5.26. The van der Waals surface area contributed by atoms with Gasteiger partial charge in [0.1, 0.15) is 18.4 Å². The lowest BCUT2D eigenvalue weighted by Gasteiger charge is -2.36. The Balaban J connectivity index is 1.53.